The van der Waals surface area contributed by atoms with E-state index in [1.807, 2.05) is 30.3 Å². The first-order valence-corrected chi connectivity index (χ1v) is 17.8. The Bertz CT molecular complexity index is 1990. The second kappa shape index (κ2) is 16.1. The first-order chi connectivity index (χ1) is 25.4. The number of carbonyl (C=O) groups is 1. The van der Waals surface area contributed by atoms with E-state index in [4.69, 9.17) is 18.9 Å². The van der Waals surface area contributed by atoms with Gasteiger partial charge in [0.1, 0.15) is 0 Å². The number of fused-ring (bicyclic) bond motifs is 1. The van der Waals surface area contributed by atoms with E-state index in [2.05, 4.69) is 76.7 Å². The summed E-state index contributed by atoms with van der Waals surface area (Å²) in [7, 11) is 3.35. The highest BCUT2D eigenvalue weighted by Crippen LogP contribution is 2.43. The Morgan fingerprint density at radius 1 is 0.865 bits per heavy atom. The maximum atomic E-state index is 12.6. The molecule has 268 valence electrons. The van der Waals surface area contributed by atoms with Crippen molar-refractivity contribution in [2.45, 2.75) is 51.5 Å². The standard InChI is InChI=1S/C43H45N3O6/c1-28-40(26-46-18-16-34-21-38(49-2)39(50-3)22-37(34)25-46)51-43(52-41(28)31-14-12-29(27-47)13-15-31)35-10-5-9-33(20-35)32-8-4-7-30(19-32)23-45-42(48)36-11-6-17-44-24-36/h4-15,17,19-22,24,28,40-41,43,47H,16,18,23,25-27H2,1-3H3,(H,45,48). The van der Waals surface area contributed by atoms with E-state index in [0.717, 1.165) is 70.9 Å². The summed E-state index contributed by atoms with van der Waals surface area (Å²) in [6, 6.07) is 32.2. The molecular weight excluding hydrogens is 654 g/mol. The Labute approximate surface area is 305 Å². The van der Waals surface area contributed by atoms with Crippen LogP contribution >= 0.6 is 0 Å². The lowest BCUT2D eigenvalue weighted by Gasteiger charge is -2.43. The molecule has 7 rings (SSSR count). The molecule has 2 N–H and O–H groups in total. The van der Waals surface area contributed by atoms with Crippen molar-refractivity contribution in [3.8, 4) is 22.6 Å². The molecule has 4 aromatic carbocycles. The van der Waals surface area contributed by atoms with Crippen molar-refractivity contribution in [3.63, 3.8) is 0 Å². The molecule has 0 radical (unpaired) electrons. The molecule has 1 saturated heterocycles. The van der Waals surface area contributed by atoms with Gasteiger partial charge in [0.2, 0.25) is 0 Å². The molecule has 0 aliphatic carbocycles. The monoisotopic (exact) mass is 699 g/mol. The van der Waals surface area contributed by atoms with Crippen molar-refractivity contribution < 1.29 is 28.8 Å². The lowest BCUT2D eigenvalue weighted by Crippen LogP contribution is -2.45. The summed E-state index contributed by atoms with van der Waals surface area (Å²) in [6.45, 7) is 5.03. The lowest BCUT2D eigenvalue weighted by molar-refractivity contribution is -0.276. The number of ether oxygens (including phenoxy) is 4. The van der Waals surface area contributed by atoms with Crippen LogP contribution < -0.4 is 14.8 Å². The van der Waals surface area contributed by atoms with E-state index < -0.39 is 6.29 Å². The van der Waals surface area contributed by atoms with Crippen LogP contribution in [0.15, 0.2) is 109 Å². The van der Waals surface area contributed by atoms with Gasteiger partial charge in [-0.1, -0.05) is 67.6 Å². The molecule has 1 aromatic heterocycles. The second-order valence-electron chi connectivity index (χ2n) is 13.5. The molecule has 1 amide bonds. The number of rotatable bonds is 11. The normalized spacial score (nSPS) is 20.2. The third-order valence-corrected chi connectivity index (χ3v) is 10.2. The zero-order valence-electron chi connectivity index (χ0n) is 29.8. The highest BCUT2D eigenvalue weighted by atomic mass is 16.7. The molecule has 5 aromatic rings. The molecule has 0 saturated carbocycles. The smallest absolute Gasteiger partial charge is 0.253 e. The summed E-state index contributed by atoms with van der Waals surface area (Å²) < 4.78 is 24.9. The van der Waals surface area contributed by atoms with Gasteiger partial charge in [-0.3, -0.25) is 14.7 Å². The number of aromatic nitrogens is 1. The molecule has 9 heteroatoms. The topological polar surface area (TPSA) is 102 Å². The Hall–Kier alpha value is -5.06. The van der Waals surface area contributed by atoms with E-state index in [-0.39, 0.29) is 30.6 Å². The highest BCUT2D eigenvalue weighted by molar-refractivity contribution is 5.93. The summed E-state index contributed by atoms with van der Waals surface area (Å²) in [6.07, 6.45) is 3.21. The summed E-state index contributed by atoms with van der Waals surface area (Å²) in [5, 5.41) is 12.7. The Morgan fingerprint density at radius 2 is 1.62 bits per heavy atom. The van der Waals surface area contributed by atoms with Crippen LogP contribution in [0.3, 0.4) is 0 Å². The molecule has 52 heavy (non-hydrogen) atoms. The lowest BCUT2D eigenvalue weighted by atomic mass is 9.89. The van der Waals surface area contributed by atoms with Gasteiger partial charge in [-0.15, -0.1) is 0 Å². The number of nitrogens with zero attached hydrogens (tertiary/aromatic N) is 2. The van der Waals surface area contributed by atoms with Gasteiger partial charge >= 0.3 is 0 Å². The van der Waals surface area contributed by atoms with Gasteiger partial charge in [-0.2, -0.15) is 0 Å². The Morgan fingerprint density at radius 3 is 2.35 bits per heavy atom. The van der Waals surface area contributed by atoms with Gasteiger partial charge in [0.05, 0.1) is 38.6 Å². The first kappa shape index (κ1) is 35.3. The largest absolute Gasteiger partial charge is 0.493 e. The van der Waals surface area contributed by atoms with Gasteiger partial charge < -0.3 is 29.4 Å². The maximum Gasteiger partial charge on any atom is 0.253 e. The third kappa shape index (κ3) is 7.88. The fourth-order valence-electron chi connectivity index (χ4n) is 7.19. The van der Waals surface area contributed by atoms with Crippen LogP contribution in [0.25, 0.3) is 11.1 Å². The van der Waals surface area contributed by atoms with Crippen LogP contribution in [0.2, 0.25) is 0 Å². The van der Waals surface area contributed by atoms with Crippen LogP contribution in [0.5, 0.6) is 11.5 Å². The van der Waals surface area contributed by atoms with Crippen LogP contribution in [0, 0.1) is 5.92 Å². The van der Waals surface area contributed by atoms with Crippen molar-refractivity contribution in [2.75, 3.05) is 27.3 Å². The number of hydrogen-bond acceptors (Lipinski definition) is 8. The molecule has 2 aliphatic rings. The summed E-state index contributed by atoms with van der Waals surface area (Å²) >= 11 is 0. The second-order valence-corrected chi connectivity index (χ2v) is 13.5. The van der Waals surface area contributed by atoms with E-state index in [0.29, 0.717) is 12.1 Å². The highest BCUT2D eigenvalue weighted by Gasteiger charge is 2.39. The van der Waals surface area contributed by atoms with Crippen LogP contribution in [-0.4, -0.2) is 54.3 Å². The van der Waals surface area contributed by atoms with Crippen molar-refractivity contribution in [1.29, 1.82) is 0 Å². The molecule has 9 nitrogen and oxygen atoms in total. The average Bonchev–Trinajstić information content (AvgIpc) is 3.20. The predicted molar refractivity (Wildman–Crippen MR) is 199 cm³/mol. The maximum absolute atomic E-state index is 12.6. The molecule has 3 heterocycles. The predicted octanol–water partition coefficient (Wildman–Crippen LogP) is 7.04. The minimum Gasteiger partial charge on any atom is -0.493 e. The van der Waals surface area contributed by atoms with E-state index in [1.165, 1.54) is 11.1 Å². The summed E-state index contributed by atoms with van der Waals surface area (Å²) in [4.78, 5) is 19.1. The van der Waals surface area contributed by atoms with E-state index >= 15 is 0 Å². The molecular formula is C43H45N3O6. The fraction of sp³-hybridized carbons (Fsp3) is 0.302. The van der Waals surface area contributed by atoms with Gasteiger partial charge in [-0.05, 0) is 81.8 Å². The molecule has 1 fully saturated rings. The average molecular weight is 700 g/mol. The number of aliphatic hydroxyl groups is 1. The number of amides is 1. The minimum atomic E-state index is -0.591. The van der Waals surface area contributed by atoms with Gasteiger partial charge in [0.15, 0.2) is 17.8 Å². The third-order valence-electron chi connectivity index (χ3n) is 10.2. The zero-order valence-corrected chi connectivity index (χ0v) is 29.8. The quantitative estimate of drug-likeness (QED) is 0.152. The number of methoxy groups -OCH3 is 2. The van der Waals surface area contributed by atoms with Gasteiger partial charge in [-0.25, -0.2) is 0 Å². The number of hydrogen-bond donors (Lipinski definition) is 2. The number of pyridine rings is 1. The Kier molecular flexibility index (Phi) is 10.9. The molecule has 0 spiro atoms. The van der Waals surface area contributed by atoms with Crippen molar-refractivity contribution in [1.82, 2.24) is 15.2 Å². The number of carbonyl (C=O) groups excluding carboxylic acids is 1. The zero-order chi connectivity index (χ0) is 36.0. The van der Waals surface area contributed by atoms with Gasteiger partial charge in [0, 0.05) is 50.1 Å². The Balaban J connectivity index is 1.12. The van der Waals surface area contributed by atoms with Crippen molar-refractivity contribution in [3.05, 3.63) is 148 Å². The number of benzene rings is 4. The minimum absolute atomic E-state index is 0.00627. The molecule has 2 aliphatic heterocycles. The fourth-order valence-corrected chi connectivity index (χ4v) is 7.19. The SMILES string of the molecule is COc1cc2c(cc1OC)CN(CC1OC(c3cccc(-c4cccc(CNC(=O)c5cccnc5)c4)c3)OC(c3ccc(CO)cc3)C1C)CC2. The molecule has 0 bridgehead atoms. The van der Waals surface area contributed by atoms with E-state index in [1.54, 1.807) is 38.7 Å². The number of nitrogens with one attached hydrogen (secondary N) is 1. The molecule has 4 atom stereocenters. The van der Waals surface area contributed by atoms with E-state index in [9.17, 15) is 9.90 Å². The number of aliphatic hydroxyl groups excluding tert-OH is 1. The first-order valence-electron chi connectivity index (χ1n) is 17.8. The van der Waals surface area contributed by atoms with Crippen LogP contribution in [0.4, 0.5) is 0 Å². The van der Waals surface area contributed by atoms with Crippen molar-refractivity contribution in [2.24, 2.45) is 5.92 Å². The van der Waals surface area contributed by atoms with Gasteiger partial charge in [0.25, 0.3) is 5.91 Å². The summed E-state index contributed by atoms with van der Waals surface area (Å²) in [5.41, 5.74) is 8.96. The van der Waals surface area contributed by atoms with Crippen LogP contribution in [-0.2, 0) is 35.6 Å². The molecule has 4 unspecified atom stereocenters. The van der Waals surface area contributed by atoms with Crippen LogP contribution in [0.1, 0.15) is 63.1 Å². The van der Waals surface area contributed by atoms with Crippen molar-refractivity contribution >= 4 is 5.91 Å². The summed E-state index contributed by atoms with van der Waals surface area (Å²) in [5.74, 6) is 1.40.